The van der Waals surface area contributed by atoms with Crippen LogP contribution in [-0.4, -0.2) is 48.0 Å². The lowest BCUT2D eigenvalue weighted by Gasteiger charge is -2.32. The zero-order valence-electron chi connectivity index (χ0n) is 18.0. The number of carbonyl (C=O) groups excluding carboxylic acids is 1. The molecule has 6 heteroatoms. The largest absolute Gasteiger partial charge is 0.490 e. The molecule has 1 fully saturated rings. The minimum atomic E-state index is -0.169. The van der Waals surface area contributed by atoms with Gasteiger partial charge in [0.1, 0.15) is 5.75 Å². The smallest absolute Gasteiger partial charge is 0.261 e. The maximum atomic E-state index is 12.1. The SMILES string of the molecule is C=CC(=O)N(CCC)N(C)NC(=C)C(=NCC)c1ccc(OC2CCCC2)cc1. The molecule has 0 unspecified atom stereocenters. The van der Waals surface area contributed by atoms with E-state index in [2.05, 4.69) is 23.6 Å². The minimum Gasteiger partial charge on any atom is -0.490 e. The summed E-state index contributed by atoms with van der Waals surface area (Å²) in [4.78, 5) is 16.7. The normalized spacial score (nSPS) is 14.7. The second kappa shape index (κ2) is 11.4. The topological polar surface area (TPSA) is 57.2 Å². The predicted octanol–water partition coefficient (Wildman–Crippen LogP) is 4.11. The number of nitrogens with one attached hydrogen (secondary N) is 1. The van der Waals surface area contributed by atoms with Crippen molar-refractivity contribution in [1.82, 2.24) is 15.6 Å². The van der Waals surface area contributed by atoms with Gasteiger partial charge in [0.25, 0.3) is 5.91 Å². The first-order valence-corrected chi connectivity index (χ1v) is 10.4. The van der Waals surface area contributed by atoms with Gasteiger partial charge in [-0.3, -0.25) is 20.2 Å². The maximum Gasteiger partial charge on any atom is 0.261 e. The van der Waals surface area contributed by atoms with Crippen molar-refractivity contribution >= 4 is 11.6 Å². The van der Waals surface area contributed by atoms with Crippen LogP contribution in [0.25, 0.3) is 0 Å². The highest BCUT2D eigenvalue weighted by atomic mass is 16.5. The number of amides is 1. The van der Waals surface area contributed by atoms with Gasteiger partial charge >= 0.3 is 0 Å². The third-order valence-corrected chi connectivity index (χ3v) is 4.86. The molecule has 1 aromatic rings. The molecule has 6 nitrogen and oxygen atoms in total. The lowest BCUT2D eigenvalue weighted by molar-refractivity contribution is -0.145. The van der Waals surface area contributed by atoms with E-state index in [-0.39, 0.29) is 5.91 Å². The van der Waals surface area contributed by atoms with Gasteiger partial charge in [0.2, 0.25) is 0 Å². The summed E-state index contributed by atoms with van der Waals surface area (Å²) in [5, 5.41) is 3.22. The summed E-state index contributed by atoms with van der Waals surface area (Å²) in [6.45, 7) is 12.9. The number of rotatable bonds is 11. The van der Waals surface area contributed by atoms with Crippen molar-refractivity contribution in [3.8, 4) is 5.75 Å². The van der Waals surface area contributed by atoms with Crippen molar-refractivity contribution in [2.24, 2.45) is 4.99 Å². The Morgan fingerprint density at radius 3 is 2.48 bits per heavy atom. The molecule has 1 amide bonds. The second-order valence-electron chi connectivity index (χ2n) is 7.15. The molecule has 0 aromatic heterocycles. The third kappa shape index (κ3) is 6.46. The van der Waals surface area contributed by atoms with Crippen LogP contribution in [0.1, 0.15) is 51.5 Å². The van der Waals surface area contributed by atoms with Crippen LogP contribution < -0.4 is 10.2 Å². The summed E-state index contributed by atoms with van der Waals surface area (Å²) < 4.78 is 6.05. The van der Waals surface area contributed by atoms with E-state index in [1.54, 1.807) is 17.2 Å². The Morgan fingerprint density at radius 2 is 1.93 bits per heavy atom. The number of nitrogens with zero attached hydrogens (tertiary/aromatic N) is 3. The van der Waals surface area contributed by atoms with Gasteiger partial charge in [0, 0.05) is 25.7 Å². The van der Waals surface area contributed by atoms with E-state index < -0.39 is 0 Å². The fraction of sp³-hybridized carbons (Fsp3) is 0.478. The molecule has 0 spiro atoms. The van der Waals surface area contributed by atoms with Gasteiger partial charge in [-0.25, -0.2) is 0 Å². The van der Waals surface area contributed by atoms with Gasteiger partial charge in [-0.2, -0.15) is 0 Å². The van der Waals surface area contributed by atoms with E-state index in [0.29, 0.717) is 24.9 Å². The number of allylic oxidation sites excluding steroid dienone is 1. The van der Waals surface area contributed by atoms with Crippen LogP contribution in [0, 0.1) is 0 Å². The molecular formula is C23H34N4O2. The van der Waals surface area contributed by atoms with Gasteiger partial charge in [-0.15, -0.1) is 5.12 Å². The summed E-state index contributed by atoms with van der Waals surface area (Å²) in [6, 6.07) is 7.98. The van der Waals surface area contributed by atoms with Gasteiger partial charge in [0.05, 0.1) is 17.5 Å². The Morgan fingerprint density at radius 1 is 1.28 bits per heavy atom. The van der Waals surface area contributed by atoms with Crippen molar-refractivity contribution in [2.75, 3.05) is 20.1 Å². The van der Waals surface area contributed by atoms with Crippen molar-refractivity contribution in [2.45, 2.75) is 52.1 Å². The first-order chi connectivity index (χ1) is 14.0. The van der Waals surface area contributed by atoms with Crippen molar-refractivity contribution < 1.29 is 9.53 Å². The number of carbonyl (C=O) groups is 1. The average Bonchev–Trinajstić information content (AvgIpc) is 3.23. The third-order valence-electron chi connectivity index (χ3n) is 4.86. The Labute approximate surface area is 174 Å². The fourth-order valence-corrected chi connectivity index (χ4v) is 3.44. The van der Waals surface area contributed by atoms with Crippen LogP contribution in [0.3, 0.4) is 0 Å². The first-order valence-electron chi connectivity index (χ1n) is 10.4. The number of aliphatic imine (C=N–C) groups is 1. The maximum absolute atomic E-state index is 12.1. The Hall–Kier alpha value is -2.60. The molecule has 0 heterocycles. The van der Waals surface area contributed by atoms with Gasteiger partial charge < -0.3 is 4.74 Å². The zero-order chi connectivity index (χ0) is 21.2. The van der Waals surface area contributed by atoms with Crippen molar-refractivity contribution in [3.63, 3.8) is 0 Å². The summed E-state index contributed by atoms with van der Waals surface area (Å²) >= 11 is 0. The van der Waals surface area contributed by atoms with Gasteiger partial charge in [-0.05, 0) is 69.4 Å². The molecule has 1 N–H and O–H groups in total. The monoisotopic (exact) mass is 398 g/mol. The van der Waals surface area contributed by atoms with E-state index in [1.165, 1.54) is 18.9 Å². The zero-order valence-corrected chi connectivity index (χ0v) is 18.0. The van der Waals surface area contributed by atoms with Crippen LogP contribution in [0.4, 0.5) is 0 Å². The van der Waals surface area contributed by atoms with E-state index in [9.17, 15) is 4.79 Å². The van der Waals surface area contributed by atoms with E-state index in [1.807, 2.05) is 38.1 Å². The van der Waals surface area contributed by atoms with E-state index in [4.69, 9.17) is 4.74 Å². The van der Waals surface area contributed by atoms with Gasteiger partial charge in [-0.1, -0.05) is 20.1 Å². The Bertz CT molecular complexity index is 721. The second-order valence-corrected chi connectivity index (χ2v) is 7.15. The molecule has 1 aliphatic rings. The summed E-state index contributed by atoms with van der Waals surface area (Å²) in [6.07, 6.45) is 7.24. The van der Waals surface area contributed by atoms with E-state index >= 15 is 0 Å². The lowest BCUT2D eigenvalue weighted by Crippen LogP contribution is -2.51. The summed E-state index contributed by atoms with van der Waals surface area (Å²) in [7, 11) is 1.78. The summed E-state index contributed by atoms with van der Waals surface area (Å²) in [5.74, 6) is 0.718. The molecule has 0 bridgehead atoms. The van der Waals surface area contributed by atoms with Crippen molar-refractivity contribution in [3.05, 3.63) is 54.8 Å². The molecule has 0 radical (unpaired) electrons. The lowest BCUT2D eigenvalue weighted by atomic mass is 10.1. The highest BCUT2D eigenvalue weighted by Crippen LogP contribution is 2.24. The van der Waals surface area contributed by atoms with Crippen molar-refractivity contribution in [1.29, 1.82) is 0 Å². The Kier molecular flexibility index (Phi) is 8.93. The fourth-order valence-electron chi connectivity index (χ4n) is 3.44. The summed E-state index contributed by atoms with van der Waals surface area (Å²) in [5.41, 5.74) is 5.50. The molecule has 0 saturated heterocycles. The molecule has 1 saturated carbocycles. The molecule has 29 heavy (non-hydrogen) atoms. The average molecular weight is 399 g/mol. The molecule has 0 atom stereocenters. The molecule has 158 valence electrons. The van der Waals surface area contributed by atoms with Crippen LogP contribution in [0.2, 0.25) is 0 Å². The van der Waals surface area contributed by atoms with Gasteiger partial charge in [0.15, 0.2) is 0 Å². The van der Waals surface area contributed by atoms with E-state index in [0.717, 1.165) is 36.3 Å². The highest BCUT2D eigenvalue weighted by molar-refractivity contribution is 6.11. The molecule has 0 aliphatic heterocycles. The quantitative estimate of drug-likeness (QED) is 0.346. The highest BCUT2D eigenvalue weighted by Gasteiger charge is 2.19. The number of ether oxygens (including phenoxy) is 1. The van der Waals surface area contributed by atoms with Crippen LogP contribution in [-0.2, 0) is 4.79 Å². The Balaban J connectivity index is 2.09. The molecule has 1 aliphatic carbocycles. The first kappa shape index (κ1) is 22.7. The number of benzene rings is 1. The van der Waals surface area contributed by atoms with Crippen LogP contribution in [0.15, 0.2) is 54.2 Å². The minimum absolute atomic E-state index is 0.169. The predicted molar refractivity (Wildman–Crippen MR) is 119 cm³/mol. The molecular weight excluding hydrogens is 364 g/mol. The van der Waals surface area contributed by atoms with Crippen LogP contribution in [0.5, 0.6) is 5.75 Å². The molecule has 2 rings (SSSR count). The number of hydrogen-bond acceptors (Lipinski definition) is 5. The van der Waals surface area contributed by atoms with Crippen LogP contribution >= 0.6 is 0 Å². The number of hydrazine groups is 2. The number of hydrogen-bond donors (Lipinski definition) is 1. The standard InChI is InChI=1S/C23H34N4O2/c1-6-17-27(22(28)7-2)26(5)25-18(4)23(24-8-3)19-13-15-21(16-14-19)29-20-11-9-10-12-20/h7,13-16,20,25H,2,4,6,8-12,17H2,1,3,5H3. The molecule has 1 aromatic carbocycles.